The summed E-state index contributed by atoms with van der Waals surface area (Å²) < 4.78 is 14.6. The van der Waals surface area contributed by atoms with E-state index in [9.17, 15) is 4.39 Å². The summed E-state index contributed by atoms with van der Waals surface area (Å²) in [5, 5.41) is 3.85. The van der Waals surface area contributed by atoms with Crippen LogP contribution in [0.4, 0.5) is 4.39 Å². The summed E-state index contributed by atoms with van der Waals surface area (Å²) in [5.74, 6) is -0.273. The molecule has 20 heavy (non-hydrogen) atoms. The molecule has 1 nitrogen and oxygen atoms in total. The molecule has 0 spiro atoms. The summed E-state index contributed by atoms with van der Waals surface area (Å²) in [6, 6.07) is 11.2. The molecule has 0 aliphatic heterocycles. The van der Waals surface area contributed by atoms with Gasteiger partial charge in [0, 0.05) is 9.50 Å². The van der Waals surface area contributed by atoms with Crippen molar-refractivity contribution in [2.75, 3.05) is 6.54 Å². The Morgan fingerprint density at radius 1 is 1.25 bits per heavy atom. The number of halogens is 3. The number of aryl methyl sites for hydroxylation is 1. The standard InChI is InChI=1S/C16H16BrClFN/c1-3-20-16(11-4-6-12(17)7-5-11)13-8-10(2)15(19)9-14(13)18/h4-9,16,20H,3H2,1-2H3. The third-order valence-electron chi connectivity index (χ3n) is 3.20. The van der Waals surface area contributed by atoms with E-state index in [-0.39, 0.29) is 11.9 Å². The molecule has 0 saturated carbocycles. The largest absolute Gasteiger partial charge is 0.306 e. The fraction of sp³-hybridized carbons (Fsp3) is 0.250. The van der Waals surface area contributed by atoms with Crippen LogP contribution in [0.25, 0.3) is 0 Å². The maximum absolute atomic E-state index is 13.6. The van der Waals surface area contributed by atoms with Crippen LogP contribution >= 0.6 is 27.5 Å². The lowest BCUT2D eigenvalue weighted by atomic mass is 9.97. The Morgan fingerprint density at radius 3 is 2.50 bits per heavy atom. The van der Waals surface area contributed by atoms with Crippen LogP contribution in [0.15, 0.2) is 40.9 Å². The average molecular weight is 357 g/mol. The van der Waals surface area contributed by atoms with Crippen LogP contribution in [0.2, 0.25) is 5.02 Å². The van der Waals surface area contributed by atoms with Crippen molar-refractivity contribution in [3.05, 3.63) is 68.4 Å². The maximum atomic E-state index is 13.6. The summed E-state index contributed by atoms with van der Waals surface area (Å²) in [5.41, 5.74) is 2.60. The molecule has 4 heteroatoms. The average Bonchev–Trinajstić information content (AvgIpc) is 2.42. The Hall–Kier alpha value is -0.900. The topological polar surface area (TPSA) is 12.0 Å². The van der Waals surface area contributed by atoms with Gasteiger partial charge >= 0.3 is 0 Å². The summed E-state index contributed by atoms with van der Waals surface area (Å²) in [6.07, 6.45) is 0. The molecule has 0 saturated heterocycles. The first-order valence-electron chi connectivity index (χ1n) is 6.47. The van der Waals surface area contributed by atoms with Gasteiger partial charge in [-0.25, -0.2) is 4.39 Å². The van der Waals surface area contributed by atoms with Crippen LogP contribution in [-0.4, -0.2) is 6.54 Å². The molecule has 0 amide bonds. The minimum atomic E-state index is -0.273. The van der Waals surface area contributed by atoms with E-state index in [1.54, 1.807) is 6.92 Å². The molecule has 2 rings (SSSR count). The van der Waals surface area contributed by atoms with Crippen molar-refractivity contribution in [2.24, 2.45) is 0 Å². The highest BCUT2D eigenvalue weighted by Crippen LogP contribution is 2.31. The van der Waals surface area contributed by atoms with Crippen LogP contribution in [0.1, 0.15) is 29.7 Å². The van der Waals surface area contributed by atoms with E-state index in [2.05, 4.69) is 21.2 Å². The van der Waals surface area contributed by atoms with Crippen LogP contribution in [-0.2, 0) is 0 Å². The van der Waals surface area contributed by atoms with E-state index >= 15 is 0 Å². The van der Waals surface area contributed by atoms with Gasteiger partial charge in [-0.15, -0.1) is 0 Å². The van der Waals surface area contributed by atoms with Gasteiger partial charge in [0.2, 0.25) is 0 Å². The van der Waals surface area contributed by atoms with Crippen molar-refractivity contribution < 1.29 is 4.39 Å². The second-order valence-electron chi connectivity index (χ2n) is 4.67. The highest BCUT2D eigenvalue weighted by Gasteiger charge is 2.17. The Labute approximate surface area is 132 Å². The Morgan fingerprint density at radius 2 is 1.90 bits per heavy atom. The highest BCUT2D eigenvalue weighted by atomic mass is 79.9. The van der Waals surface area contributed by atoms with Crippen molar-refractivity contribution in [3.63, 3.8) is 0 Å². The fourth-order valence-electron chi connectivity index (χ4n) is 2.17. The molecule has 1 atom stereocenters. The molecule has 1 unspecified atom stereocenters. The normalized spacial score (nSPS) is 12.4. The maximum Gasteiger partial charge on any atom is 0.127 e. The SMILES string of the molecule is CCNC(c1ccc(Br)cc1)c1cc(C)c(F)cc1Cl. The lowest BCUT2D eigenvalue weighted by Crippen LogP contribution is -2.22. The van der Waals surface area contributed by atoms with E-state index in [1.165, 1.54) is 6.07 Å². The molecular weight excluding hydrogens is 341 g/mol. The lowest BCUT2D eigenvalue weighted by Gasteiger charge is -2.21. The van der Waals surface area contributed by atoms with Crippen LogP contribution in [0, 0.1) is 12.7 Å². The minimum absolute atomic E-state index is 0.0418. The first-order chi connectivity index (χ1) is 9.52. The summed E-state index contributed by atoms with van der Waals surface area (Å²) in [7, 11) is 0. The molecule has 2 aromatic carbocycles. The lowest BCUT2D eigenvalue weighted by molar-refractivity contribution is 0.606. The molecule has 1 N–H and O–H groups in total. The van der Waals surface area contributed by atoms with E-state index in [0.29, 0.717) is 10.6 Å². The number of nitrogens with one attached hydrogen (secondary N) is 1. The van der Waals surface area contributed by atoms with E-state index in [0.717, 1.165) is 22.1 Å². The number of hydrogen-bond donors (Lipinski definition) is 1. The smallest absolute Gasteiger partial charge is 0.127 e. The van der Waals surface area contributed by atoms with Gasteiger partial charge in [0.05, 0.1) is 6.04 Å². The van der Waals surface area contributed by atoms with Gasteiger partial charge in [0.15, 0.2) is 0 Å². The van der Waals surface area contributed by atoms with Crippen molar-refractivity contribution in [3.8, 4) is 0 Å². The first-order valence-corrected chi connectivity index (χ1v) is 7.64. The molecule has 0 bridgehead atoms. The molecule has 0 aliphatic rings. The number of hydrogen-bond acceptors (Lipinski definition) is 1. The van der Waals surface area contributed by atoms with Gasteiger partial charge < -0.3 is 5.32 Å². The van der Waals surface area contributed by atoms with Crippen molar-refractivity contribution in [2.45, 2.75) is 19.9 Å². The summed E-state index contributed by atoms with van der Waals surface area (Å²) in [4.78, 5) is 0. The molecule has 0 fully saturated rings. The van der Waals surface area contributed by atoms with E-state index in [1.807, 2.05) is 37.3 Å². The van der Waals surface area contributed by atoms with Gasteiger partial charge in [-0.05, 0) is 54.4 Å². The van der Waals surface area contributed by atoms with Gasteiger partial charge in [0.25, 0.3) is 0 Å². The highest BCUT2D eigenvalue weighted by molar-refractivity contribution is 9.10. The Kier molecular flexibility index (Phi) is 5.19. The number of rotatable bonds is 4. The summed E-state index contributed by atoms with van der Waals surface area (Å²) >= 11 is 9.65. The molecule has 0 aliphatic carbocycles. The summed E-state index contributed by atoms with van der Waals surface area (Å²) in [6.45, 7) is 4.59. The van der Waals surface area contributed by atoms with Crippen molar-refractivity contribution in [1.29, 1.82) is 0 Å². The first kappa shape index (κ1) is 15.5. The van der Waals surface area contributed by atoms with Crippen molar-refractivity contribution >= 4 is 27.5 Å². The predicted octanol–water partition coefficient (Wildman–Crippen LogP) is 5.25. The fourth-order valence-corrected chi connectivity index (χ4v) is 2.69. The Bertz CT molecular complexity index is 598. The third-order valence-corrected chi connectivity index (χ3v) is 4.06. The molecule has 0 radical (unpaired) electrons. The molecule has 2 aromatic rings. The zero-order valence-corrected chi connectivity index (χ0v) is 13.7. The van der Waals surface area contributed by atoms with Crippen LogP contribution in [0.3, 0.4) is 0 Å². The second kappa shape index (κ2) is 6.70. The van der Waals surface area contributed by atoms with E-state index in [4.69, 9.17) is 11.6 Å². The van der Waals surface area contributed by atoms with Gasteiger partial charge in [0.1, 0.15) is 5.82 Å². The monoisotopic (exact) mass is 355 g/mol. The van der Waals surface area contributed by atoms with Crippen LogP contribution < -0.4 is 5.32 Å². The quantitative estimate of drug-likeness (QED) is 0.789. The van der Waals surface area contributed by atoms with E-state index < -0.39 is 0 Å². The van der Waals surface area contributed by atoms with Gasteiger partial charge in [-0.3, -0.25) is 0 Å². The Balaban J connectivity index is 2.48. The predicted molar refractivity (Wildman–Crippen MR) is 85.8 cm³/mol. The third kappa shape index (κ3) is 3.40. The molecule has 106 valence electrons. The zero-order chi connectivity index (χ0) is 14.7. The van der Waals surface area contributed by atoms with Crippen molar-refractivity contribution in [1.82, 2.24) is 5.32 Å². The number of benzene rings is 2. The van der Waals surface area contributed by atoms with Gasteiger partial charge in [-0.1, -0.05) is 46.6 Å². The second-order valence-corrected chi connectivity index (χ2v) is 5.99. The molecular formula is C16H16BrClFN. The molecule has 0 heterocycles. The minimum Gasteiger partial charge on any atom is -0.306 e. The van der Waals surface area contributed by atoms with Crippen LogP contribution in [0.5, 0.6) is 0 Å². The molecule has 0 aromatic heterocycles. The van der Waals surface area contributed by atoms with Gasteiger partial charge in [-0.2, -0.15) is 0 Å². The zero-order valence-electron chi connectivity index (χ0n) is 11.4.